The third-order valence-electron chi connectivity index (χ3n) is 6.69. The van der Waals surface area contributed by atoms with Gasteiger partial charge in [-0.3, -0.25) is 0 Å². The van der Waals surface area contributed by atoms with Crippen molar-refractivity contribution in [3.63, 3.8) is 0 Å². The fourth-order valence-electron chi connectivity index (χ4n) is 5.33. The first-order valence-corrected chi connectivity index (χ1v) is 9.13. The molecule has 3 saturated carbocycles. The van der Waals surface area contributed by atoms with Gasteiger partial charge < -0.3 is 5.73 Å². The lowest BCUT2D eigenvalue weighted by Crippen LogP contribution is -2.39. The highest BCUT2D eigenvalue weighted by Crippen LogP contribution is 2.53. The van der Waals surface area contributed by atoms with Crippen LogP contribution in [0, 0.1) is 23.7 Å². The quantitative estimate of drug-likeness (QED) is 0.853. The third kappa shape index (κ3) is 2.77. The highest BCUT2D eigenvalue weighted by atomic mass is 14.7. The van der Waals surface area contributed by atoms with Crippen LogP contribution in [0.1, 0.15) is 62.8 Å². The van der Waals surface area contributed by atoms with Gasteiger partial charge in [0.15, 0.2) is 0 Å². The molecular formula is C20H29N. The van der Waals surface area contributed by atoms with Gasteiger partial charge in [0.05, 0.1) is 0 Å². The second-order valence-electron chi connectivity index (χ2n) is 7.87. The summed E-state index contributed by atoms with van der Waals surface area (Å²) >= 11 is 0. The van der Waals surface area contributed by atoms with Crippen molar-refractivity contribution in [3.05, 3.63) is 35.9 Å². The monoisotopic (exact) mass is 283 g/mol. The molecule has 3 aliphatic rings. The van der Waals surface area contributed by atoms with E-state index in [1.165, 1.54) is 56.9 Å². The maximum Gasteiger partial charge on any atom is 0.0102 e. The Kier molecular flexibility index (Phi) is 3.79. The van der Waals surface area contributed by atoms with Gasteiger partial charge in [-0.05, 0) is 60.8 Å². The summed E-state index contributed by atoms with van der Waals surface area (Å²) in [4.78, 5) is 0. The minimum Gasteiger partial charge on any atom is -0.327 e. The summed E-state index contributed by atoms with van der Waals surface area (Å²) in [6.07, 6.45) is 11.6. The van der Waals surface area contributed by atoms with Crippen LogP contribution in [0.25, 0.3) is 0 Å². The van der Waals surface area contributed by atoms with Gasteiger partial charge in [-0.15, -0.1) is 0 Å². The zero-order valence-electron chi connectivity index (χ0n) is 13.1. The van der Waals surface area contributed by atoms with E-state index in [9.17, 15) is 0 Å². The zero-order valence-corrected chi connectivity index (χ0v) is 13.1. The minimum absolute atomic E-state index is 0.457. The number of benzene rings is 1. The molecule has 0 heterocycles. The van der Waals surface area contributed by atoms with Crippen LogP contribution in [-0.2, 0) is 0 Å². The van der Waals surface area contributed by atoms with Crippen LogP contribution < -0.4 is 5.73 Å². The fourth-order valence-corrected chi connectivity index (χ4v) is 5.33. The lowest BCUT2D eigenvalue weighted by atomic mass is 9.65. The Labute approximate surface area is 129 Å². The molecule has 3 aliphatic carbocycles. The summed E-state index contributed by atoms with van der Waals surface area (Å²) in [7, 11) is 0. The van der Waals surface area contributed by atoms with Gasteiger partial charge in [-0.2, -0.15) is 0 Å². The Balaban J connectivity index is 1.37. The van der Waals surface area contributed by atoms with E-state index in [2.05, 4.69) is 30.3 Å². The summed E-state index contributed by atoms with van der Waals surface area (Å²) in [5.41, 5.74) is 8.22. The largest absolute Gasteiger partial charge is 0.327 e. The molecule has 0 aromatic heterocycles. The summed E-state index contributed by atoms with van der Waals surface area (Å²) in [5.74, 6) is 4.38. The molecule has 1 nitrogen and oxygen atoms in total. The number of hydrogen-bond acceptors (Lipinski definition) is 1. The molecule has 0 radical (unpaired) electrons. The zero-order chi connectivity index (χ0) is 14.2. The average molecular weight is 283 g/mol. The van der Waals surface area contributed by atoms with Gasteiger partial charge in [-0.25, -0.2) is 0 Å². The van der Waals surface area contributed by atoms with Crippen molar-refractivity contribution in [1.82, 2.24) is 0 Å². The molecule has 0 aliphatic heterocycles. The van der Waals surface area contributed by atoms with E-state index in [0.717, 1.165) is 29.6 Å². The second kappa shape index (κ2) is 5.76. The Hall–Kier alpha value is -0.820. The van der Waals surface area contributed by atoms with Gasteiger partial charge in [0.2, 0.25) is 0 Å². The topological polar surface area (TPSA) is 26.0 Å². The van der Waals surface area contributed by atoms with E-state index in [1.54, 1.807) is 0 Å². The van der Waals surface area contributed by atoms with E-state index in [-0.39, 0.29) is 0 Å². The lowest BCUT2D eigenvalue weighted by molar-refractivity contribution is 0.113. The average Bonchev–Trinajstić information content (AvgIpc) is 3.35. The summed E-state index contributed by atoms with van der Waals surface area (Å²) in [6, 6.07) is 11.5. The molecule has 6 unspecified atom stereocenters. The Bertz CT molecular complexity index is 468. The van der Waals surface area contributed by atoms with Crippen molar-refractivity contribution in [1.29, 1.82) is 0 Å². The van der Waals surface area contributed by atoms with Crippen LogP contribution in [0.5, 0.6) is 0 Å². The van der Waals surface area contributed by atoms with E-state index < -0.39 is 0 Å². The molecule has 1 heteroatoms. The Morgan fingerprint density at radius 2 is 1.62 bits per heavy atom. The number of fused-ring (bicyclic) bond motifs is 1. The normalized spacial score (nSPS) is 40.3. The molecule has 0 bridgehead atoms. The predicted molar refractivity (Wildman–Crippen MR) is 88.1 cm³/mol. The molecule has 1 aromatic carbocycles. The van der Waals surface area contributed by atoms with E-state index in [4.69, 9.17) is 5.73 Å². The molecule has 1 aromatic rings. The van der Waals surface area contributed by atoms with Crippen molar-refractivity contribution < 1.29 is 0 Å². The maximum atomic E-state index is 6.70. The third-order valence-corrected chi connectivity index (χ3v) is 6.69. The van der Waals surface area contributed by atoms with Gasteiger partial charge in [0.25, 0.3) is 0 Å². The van der Waals surface area contributed by atoms with Gasteiger partial charge in [0, 0.05) is 6.04 Å². The molecule has 4 rings (SSSR count). The molecule has 6 atom stereocenters. The Morgan fingerprint density at radius 1 is 0.857 bits per heavy atom. The van der Waals surface area contributed by atoms with Crippen LogP contribution in [0.3, 0.4) is 0 Å². The highest BCUT2D eigenvalue weighted by Gasteiger charge is 2.46. The minimum atomic E-state index is 0.457. The molecule has 0 spiro atoms. The number of hydrogen-bond donors (Lipinski definition) is 1. The Morgan fingerprint density at radius 3 is 2.43 bits per heavy atom. The highest BCUT2D eigenvalue weighted by molar-refractivity contribution is 5.26. The van der Waals surface area contributed by atoms with Crippen LogP contribution in [0.2, 0.25) is 0 Å². The van der Waals surface area contributed by atoms with Gasteiger partial charge in [-0.1, -0.05) is 56.0 Å². The van der Waals surface area contributed by atoms with Gasteiger partial charge in [0.1, 0.15) is 0 Å². The second-order valence-corrected chi connectivity index (χ2v) is 7.87. The summed E-state index contributed by atoms with van der Waals surface area (Å²) < 4.78 is 0. The number of nitrogens with two attached hydrogens (primary N) is 1. The van der Waals surface area contributed by atoms with E-state index >= 15 is 0 Å². The molecule has 0 saturated heterocycles. The van der Waals surface area contributed by atoms with Crippen LogP contribution in [0.15, 0.2) is 30.3 Å². The molecule has 2 N–H and O–H groups in total. The van der Waals surface area contributed by atoms with Crippen LogP contribution in [0.4, 0.5) is 0 Å². The predicted octanol–water partition coefficient (Wildman–Crippen LogP) is 4.72. The molecule has 21 heavy (non-hydrogen) atoms. The maximum absolute atomic E-state index is 6.70. The summed E-state index contributed by atoms with van der Waals surface area (Å²) in [6.45, 7) is 0. The van der Waals surface area contributed by atoms with Crippen molar-refractivity contribution in [2.24, 2.45) is 29.4 Å². The molecule has 114 valence electrons. The molecule has 3 fully saturated rings. The first kappa shape index (κ1) is 13.8. The van der Waals surface area contributed by atoms with Crippen LogP contribution in [-0.4, -0.2) is 6.04 Å². The summed E-state index contributed by atoms with van der Waals surface area (Å²) in [5, 5.41) is 0. The van der Waals surface area contributed by atoms with Crippen molar-refractivity contribution in [2.45, 2.75) is 63.3 Å². The van der Waals surface area contributed by atoms with Crippen molar-refractivity contribution >= 4 is 0 Å². The smallest absolute Gasteiger partial charge is 0.0102 e. The fraction of sp³-hybridized carbons (Fsp3) is 0.700. The molecule has 0 amide bonds. The SMILES string of the molecule is NC(C1CCC2CCCCC2C1)C1CC1c1ccccc1. The number of rotatable bonds is 3. The standard InChI is InChI=1S/C20H29N/c21-20(19-13-18(19)15-7-2-1-3-8-15)17-11-10-14-6-4-5-9-16(14)12-17/h1-3,7-8,14,16-20H,4-6,9-13,21H2. The van der Waals surface area contributed by atoms with Gasteiger partial charge >= 0.3 is 0 Å². The first-order chi connectivity index (χ1) is 10.3. The first-order valence-electron chi connectivity index (χ1n) is 9.13. The van der Waals surface area contributed by atoms with Crippen molar-refractivity contribution in [3.8, 4) is 0 Å². The molecular weight excluding hydrogens is 254 g/mol. The van der Waals surface area contributed by atoms with E-state index in [0.29, 0.717) is 6.04 Å². The lowest BCUT2D eigenvalue weighted by Gasteiger charge is -2.41. The van der Waals surface area contributed by atoms with Crippen molar-refractivity contribution in [2.75, 3.05) is 0 Å². The van der Waals surface area contributed by atoms with E-state index in [1.807, 2.05) is 0 Å². The van der Waals surface area contributed by atoms with Crippen LogP contribution >= 0.6 is 0 Å².